The number of rotatable bonds is 7. The molecule has 1 aliphatic rings. The maximum atomic E-state index is 13.0. The largest absolute Gasteiger partial charge is 0.493 e. The van der Waals surface area contributed by atoms with Crippen LogP contribution in [0.3, 0.4) is 0 Å². The van der Waals surface area contributed by atoms with Gasteiger partial charge >= 0.3 is 0 Å². The van der Waals surface area contributed by atoms with E-state index in [-0.39, 0.29) is 23.3 Å². The molecule has 150 valence electrons. The lowest BCUT2D eigenvalue weighted by molar-refractivity contribution is -0.116. The molecule has 1 aliphatic heterocycles. The number of anilines is 1. The van der Waals surface area contributed by atoms with E-state index in [1.54, 1.807) is 38.3 Å². The molecule has 3 rings (SSSR count). The number of nitrogens with zero attached hydrogens (tertiary/aromatic N) is 1. The molecule has 8 heteroatoms. The van der Waals surface area contributed by atoms with Crippen molar-refractivity contribution in [1.82, 2.24) is 4.31 Å². The Labute approximate surface area is 165 Å². The number of benzene rings is 2. The van der Waals surface area contributed by atoms with Crippen LogP contribution in [0.1, 0.15) is 30.9 Å². The van der Waals surface area contributed by atoms with Crippen LogP contribution in [-0.4, -0.2) is 39.4 Å². The van der Waals surface area contributed by atoms with E-state index >= 15 is 0 Å². The van der Waals surface area contributed by atoms with Gasteiger partial charge < -0.3 is 14.8 Å². The molecule has 1 heterocycles. The summed E-state index contributed by atoms with van der Waals surface area (Å²) in [5.41, 5.74) is 2.13. The van der Waals surface area contributed by atoms with Gasteiger partial charge in [-0.05, 0) is 55.3 Å². The summed E-state index contributed by atoms with van der Waals surface area (Å²) in [6.45, 7) is 4.33. The quantitative estimate of drug-likeness (QED) is 0.767. The fraction of sp³-hybridized carbons (Fsp3) is 0.350. The number of fused-ring (bicyclic) bond motifs is 1. The molecule has 0 saturated heterocycles. The van der Waals surface area contributed by atoms with E-state index in [4.69, 9.17) is 9.47 Å². The molecule has 0 aromatic heterocycles. The lowest BCUT2D eigenvalue weighted by atomic mass is 10.0. The number of hydrogen-bond acceptors (Lipinski definition) is 5. The van der Waals surface area contributed by atoms with Crippen LogP contribution in [0, 0.1) is 0 Å². The molecule has 2 aromatic rings. The molecule has 1 N–H and O–H groups in total. The number of carbonyl (C=O) groups is 1. The Balaban J connectivity index is 1.84. The van der Waals surface area contributed by atoms with Gasteiger partial charge in [-0.1, -0.05) is 6.07 Å². The first-order chi connectivity index (χ1) is 13.3. The van der Waals surface area contributed by atoms with Crippen molar-refractivity contribution in [2.24, 2.45) is 0 Å². The second kappa shape index (κ2) is 7.81. The van der Waals surface area contributed by atoms with Gasteiger partial charge in [-0.3, -0.25) is 4.79 Å². The van der Waals surface area contributed by atoms with Gasteiger partial charge in [-0.15, -0.1) is 0 Å². The first kappa shape index (κ1) is 20.2. The first-order valence-electron chi connectivity index (χ1n) is 8.98. The minimum atomic E-state index is -3.72. The number of carbonyl (C=O) groups excluding carboxylic acids is 1. The van der Waals surface area contributed by atoms with E-state index in [0.717, 1.165) is 5.56 Å². The first-order valence-corrected chi connectivity index (χ1v) is 10.4. The van der Waals surface area contributed by atoms with E-state index in [9.17, 15) is 13.2 Å². The zero-order valence-corrected chi connectivity index (χ0v) is 17.2. The maximum Gasteiger partial charge on any atom is 0.243 e. The van der Waals surface area contributed by atoms with Crippen molar-refractivity contribution in [2.45, 2.75) is 31.2 Å². The molecular weight excluding hydrogens is 380 g/mol. The lowest BCUT2D eigenvalue weighted by Gasteiger charge is -2.19. The van der Waals surface area contributed by atoms with Crippen molar-refractivity contribution < 1.29 is 22.7 Å². The fourth-order valence-electron chi connectivity index (χ4n) is 3.16. The number of amides is 1. The van der Waals surface area contributed by atoms with Gasteiger partial charge in [0.15, 0.2) is 11.5 Å². The Morgan fingerprint density at radius 2 is 1.89 bits per heavy atom. The summed E-state index contributed by atoms with van der Waals surface area (Å²) in [7, 11) is -0.647. The summed E-state index contributed by atoms with van der Waals surface area (Å²) in [5, 5.41) is 2.75. The highest BCUT2D eigenvalue weighted by Gasteiger charge is 2.29. The highest BCUT2D eigenvalue weighted by molar-refractivity contribution is 7.89. The molecule has 0 fully saturated rings. The molecule has 28 heavy (non-hydrogen) atoms. The van der Waals surface area contributed by atoms with Crippen molar-refractivity contribution in [2.75, 3.05) is 26.1 Å². The van der Waals surface area contributed by atoms with E-state index in [2.05, 4.69) is 5.32 Å². The minimum Gasteiger partial charge on any atom is -0.493 e. The van der Waals surface area contributed by atoms with Gasteiger partial charge in [0.2, 0.25) is 15.9 Å². The van der Waals surface area contributed by atoms with Gasteiger partial charge in [0.05, 0.1) is 24.5 Å². The standard InChI is InChI=1S/C20H24N2O5S/c1-5-27-18-9-6-14(10-19(18)26-4)12-22(3)28(24,25)15-7-8-17-16(11-15)13(2)20(23)21-17/h6-11,13H,5,12H2,1-4H3,(H,21,23)/t13-/m0/s1. The number of hydrogen-bond donors (Lipinski definition) is 1. The highest BCUT2D eigenvalue weighted by atomic mass is 32.2. The molecule has 1 amide bonds. The Morgan fingerprint density at radius 3 is 2.57 bits per heavy atom. The smallest absolute Gasteiger partial charge is 0.243 e. The molecule has 0 radical (unpaired) electrons. The average molecular weight is 404 g/mol. The monoisotopic (exact) mass is 404 g/mol. The Kier molecular flexibility index (Phi) is 5.62. The van der Waals surface area contributed by atoms with Crippen LogP contribution in [0.25, 0.3) is 0 Å². The molecule has 0 saturated carbocycles. The summed E-state index contributed by atoms with van der Waals surface area (Å²) < 4.78 is 38.1. The number of methoxy groups -OCH3 is 1. The predicted octanol–water partition coefficient (Wildman–Crippen LogP) is 2.97. The van der Waals surface area contributed by atoms with E-state index < -0.39 is 10.0 Å². The van der Waals surface area contributed by atoms with Gasteiger partial charge in [-0.25, -0.2) is 8.42 Å². The molecular formula is C20H24N2O5S. The summed E-state index contributed by atoms with van der Waals surface area (Å²) in [6, 6.07) is 10.1. The van der Waals surface area contributed by atoms with E-state index in [0.29, 0.717) is 29.4 Å². The van der Waals surface area contributed by atoms with Crippen LogP contribution in [0.15, 0.2) is 41.3 Å². The second-order valence-electron chi connectivity index (χ2n) is 6.64. The zero-order chi connectivity index (χ0) is 20.5. The Hall–Kier alpha value is -2.58. The van der Waals surface area contributed by atoms with Crippen LogP contribution in [-0.2, 0) is 21.4 Å². The molecule has 0 bridgehead atoms. The summed E-state index contributed by atoms with van der Waals surface area (Å²) in [4.78, 5) is 12.0. The second-order valence-corrected chi connectivity index (χ2v) is 8.68. The fourth-order valence-corrected chi connectivity index (χ4v) is 4.36. The average Bonchev–Trinajstić information content (AvgIpc) is 2.96. The van der Waals surface area contributed by atoms with Gasteiger partial charge in [0.1, 0.15) is 0 Å². The van der Waals surface area contributed by atoms with Crippen LogP contribution < -0.4 is 14.8 Å². The zero-order valence-electron chi connectivity index (χ0n) is 16.4. The van der Waals surface area contributed by atoms with E-state index in [1.165, 1.54) is 17.4 Å². The molecule has 0 aliphatic carbocycles. The van der Waals surface area contributed by atoms with Crippen LogP contribution >= 0.6 is 0 Å². The van der Waals surface area contributed by atoms with Crippen molar-refractivity contribution in [3.8, 4) is 11.5 Å². The van der Waals surface area contributed by atoms with Gasteiger partial charge in [0.25, 0.3) is 0 Å². The summed E-state index contributed by atoms with van der Waals surface area (Å²) in [6.07, 6.45) is 0. The minimum absolute atomic E-state index is 0.126. The lowest BCUT2D eigenvalue weighted by Crippen LogP contribution is -2.26. The summed E-state index contributed by atoms with van der Waals surface area (Å²) >= 11 is 0. The third-order valence-electron chi connectivity index (χ3n) is 4.78. The molecule has 0 spiro atoms. The van der Waals surface area contributed by atoms with Gasteiger partial charge in [-0.2, -0.15) is 4.31 Å². The van der Waals surface area contributed by atoms with Crippen molar-refractivity contribution in [1.29, 1.82) is 0 Å². The summed E-state index contributed by atoms with van der Waals surface area (Å²) in [5.74, 6) is 0.676. The predicted molar refractivity (Wildman–Crippen MR) is 106 cm³/mol. The number of ether oxygens (including phenoxy) is 2. The van der Waals surface area contributed by atoms with Crippen LogP contribution in [0.2, 0.25) is 0 Å². The van der Waals surface area contributed by atoms with Crippen molar-refractivity contribution in [3.63, 3.8) is 0 Å². The van der Waals surface area contributed by atoms with Crippen molar-refractivity contribution in [3.05, 3.63) is 47.5 Å². The third kappa shape index (κ3) is 3.70. The maximum absolute atomic E-state index is 13.0. The SMILES string of the molecule is CCOc1ccc(CN(C)S(=O)(=O)c2ccc3c(c2)[C@H](C)C(=O)N3)cc1OC. The number of sulfonamides is 1. The van der Waals surface area contributed by atoms with Gasteiger partial charge in [0, 0.05) is 19.3 Å². The Morgan fingerprint density at radius 1 is 1.14 bits per heavy atom. The van der Waals surface area contributed by atoms with Crippen LogP contribution in [0.4, 0.5) is 5.69 Å². The van der Waals surface area contributed by atoms with Crippen LogP contribution in [0.5, 0.6) is 11.5 Å². The molecule has 2 aromatic carbocycles. The number of nitrogens with one attached hydrogen (secondary N) is 1. The third-order valence-corrected chi connectivity index (χ3v) is 6.58. The molecule has 0 unspecified atom stereocenters. The highest BCUT2D eigenvalue weighted by Crippen LogP contribution is 2.34. The van der Waals surface area contributed by atoms with E-state index in [1.807, 2.05) is 13.0 Å². The Bertz CT molecular complexity index is 1000. The normalized spacial score (nSPS) is 16.0. The molecule has 7 nitrogen and oxygen atoms in total. The topological polar surface area (TPSA) is 84.9 Å². The van der Waals surface area contributed by atoms with Crippen molar-refractivity contribution >= 4 is 21.6 Å². The molecule has 1 atom stereocenters.